The van der Waals surface area contributed by atoms with Crippen molar-refractivity contribution >= 4 is 0 Å². The first-order valence-electron chi connectivity index (χ1n) is 27.4. The highest BCUT2D eigenvalue weighted by Gasteiger charge is 2.59. The highest BCUT2D eigenvalue weighted by molar-refractivity contribution is 5.03. The molecule has 14 bridgehead atoms. The molecule has 0 saturated carbocycles. The molecule has 14 N–H and O–H groups in total. The minimum atomic E-state index is -2.31. The van der Waals surface area contributed by atoms with Crippen LogP contribution in [0.5, 0.6) is 0 Å². The Labute approximate surface area is 506 Å². The van der Waals surface area contributed by atoms with E-state index in [4.69, 9.17) is 66.3 Å². The fourth-order valence-electron chi connectivity index (χ4n) is 11.2. The molecule has 35 atom stereocenters. The second kappa shape index (κ2) is 32.3. The summed E-state index contributed by atoms with van der Waals surface area (Å²) in [7, 11) is 0. The van der Waals surface area contributed by atoms with Crippen LogP contribution in [0.4, 0.5) is 0 Å². The van der Waals surface area contributed by atoms with Crippen molar-refractivity contribution in [1.29, 1.82) is 0 Å². The third-order valence-corrected chi connectivity index (χ3v) is 15.8. The highest BCUT2D eigenvalue weighted by atomic mass is 16.8. The average molecular weight is 1310 g/mol. The molecule has 21 aliphatic rings. The Morgan fingerprint density at radius 2 is 0.297 bits per heavy atom. The lowest BCUT2D eigenvalue weighted by Crippen LogP contribution is -2.68. The molecule has 21 heterocycles. The molecule has 21 aliphatic heterocycles. The zero-order valence-corrected chi connectivity index (χ0v) is 46.5. The molecule has 504 valence electrons. The fourth-order valence-corrected chi connectivity index (χ4v) is 11.2. The maximum absolute atomic E-state index is 11.7. The molecular weight excluding hydrogens is 1250 g/mol. The molecule has 0 aliphatic carbocycles. The Hall–Kier alpha value is -5.95. The van der Waals surface area contributed by atoms with E-state index in [1.807, 2.05) is 0 Å². The molecule has 49 nitrogen and oxygen atoms in total. The van der Waals surface area contributed by atoms with Gasteiger partial charge in [0.15, 0.2) is 44.0 Å². The van der Waals surface area contributed by atoms with Gasteiger partial charge >= 0.3 is 0 Å². The lowest BCUT2D eigenvalue weighted by atomic mass is 9.94. The molecule has 0 radical (unpaired) electrons. The van der Waals surface area contributed by atoms with E-state index >= 15 is 0 Å². The van der Waals surface area contributed by atoms with Gasteiger partial charge in [0.25, 0.3) is 0 Å². The Balaban J connectivity index is 1.17. The molecular formula is C42H63N21O28. The predicted molar refractivity (Wildman–Crippen MR) is 277 cm³/mol. The summed E-state index contributed by atoms with van der Waals surface area (Å²) in [4.78, 5) is 18.6. The summed E-state index contributed by atoms with van der Waals surface area (Å²) in [5.74, 6) is 0. The first kappa shape index (κ1) is 70.9. The van der Waals surface area contributed by atoms with Crippen molar-refractivity contribution in [1.82, 2.24) is 0 Å². The van der Waals surface area contributed by atoms with E-state index in [1.165, 1.54) is 0 Å². The molecule has 21 fully saturated rings. The van der Waals surface area contributed by atoms with Crippen LogP contribution in [-0.4, -0.2) is 332 Å². The van der Waals surface area contributed by atoms with Crippen molar-refractivity contribution in [2.45, 2.75) is 215 Å². The Bertz CT molecular complexity index is 2290. The lowest BCUT2D eigenvalue weighted by Gasteiger charge is -2.50. The van der Waals surface area contributed by atoms with Crippen LogP contribution in [0.15, 0.2) is 35.8 Å². The predicted octanol–water partition coefficient (Wildman–Crippen LogP) is -6.00. The third kappa shape index (κ3) is 15.7. The van der Waals surface area contributed by atoms with Crippen molar-refractivity contribution in [2.24, 2.45) is 35.8 Å². The molecule has 21 rings (SSSR count). The number of hydrogen-bond acceptors (Lipinski definition) is 35. The number of azide groups is 7. The lowest BCUT2D eigenvalue weighted by molar-refractivity contribution is -0.391. The number of hydrogen-bond donors (Lipinski definition) is 14. The molecule has 0 aromatic carbocycles. The van der Waals surface area contributed by atoms with Gasteiger partial charge in [0, 0.05) is 34.4 Å². The number of rotatable bonds is 14. The normalized spacial score (nSPS) is 47.7. The van der Waals surface area contributed by atoms with E-state index in [-0.39, 0.29) is 0 Å². The standard InChI is InChI=1S/C42H63N21O28/c43-57-50-1-8-29-15(64)22(71)36(78-8)86-30-9(2-51-58-44)80-38(24(73)17(30)66)88-32-11(4-53-60-46)82-40(26(75)19(32)68)90-34-13(6-55-62-48)84-42(28(77)21(34)70)91-35-14(7-56-63-49)83-41(27(76)20(35)69)89-33-12(5-54-61-47)81-39(25(74)18(33)67)87-31-10(3-52-59-45)79-37(85-29)23(72)16(31)65/h8-42,64-77H,1-7H2/t8-,9-,10-,11-,12-,13-,14-,15-,16-,17-,18-,19-,20-,21-,22-,23-,24-,25-,26-,27-,28-,29-,30-,31-,32-,33-,34-,35-,36+,37+,38+,39+,40+,41+,42+/m1/s1. The van der Waals surface area contributed by atoms with E-state index in [2.05, 4.69) is 70.2 Å². The van der Waals surface area contributed by atoms with Gasteiger partial charge in [-0.3, -0.25) is 0 Å². The van der Waals surface area contributed by atoms with Gasteiger partial charge < -0.3 is 138 Å². The SMILES string of the molecule is [N-]=[N+]=NC[C@H]1O[C@H]2O[C@H]3[C@H](O)[C@@H](O)[C@H](O[C@H]4[C@H](O)[C@@H](O)[C@H](O[C@H]5[C@H](O)[C@@H](O)[C@H](O[C@H]6[C@H](O)[C@@H](O)[C@H](O[C@H]7[C@H](O)[C@@H](O)[C@H](O[C@H]8[C@H](O)[C@@H](O)[C@H](O[C@H]1[C@H](O)[C@H]2O)O[C@@H]8CN=[N+]=[N-])O[C@@H]7CN=[N+]=[N-])O[C@@H]6CN=[N+]=[N-])O[C@@H]5CN=[N+]=[N-])O[C@@H]4CN=[N+]=[N-])O[C@@H]3CN=[N+]=[N-]. The van der Waals surface area contributed by atoms with Gasteiger partial charge in [-0.25, -0.2) is 0 Å². The first-order valence-corrected chi connectivity index (χ1v) is 27.4. The molecule has 91 heavy (non-hydrogen) atoms. The quantitative estimate of drug-likeness (QED) is 0.0437. The van der Waals surface area contributed by atoms with Crippen LogP contribution in [0.1, 0.15) is 0 Å². The average Bonchev–Trinajstić information content (AvgIpc) is 0.799. The monoisotopic (exact) mass is 1310 g/mol. The van der Waals surface area contributed by atoms with Gasteiger partial charge in [0.1, 0.15) is 128 Å². The van der Waals surface area contributed by atoms with Crippen molar-refractivity contribution in [3.63, 3.8) is 0 Å². The molecule has 21 saturated heterocycles. The summed E-state index contributed by atoms with van der Waals surface area (Å²) in [6, 6.07) is 0. The van der Waals surface area contributed by atoms with Crippen LogP contribution < -0.4 is 0 Å². The van der Waals surface area contributed by atoms with Crippen LogP contribution in [0.3, 0.4) is 0 Å². The van der Waals surface area contributed by atoms with Crippen molar-refractivity contribution in [2.75, 3.05) is 45.8 Å². The fraction of sp³-hybridized carbons (Fsp3) is 1.00. The maximum Gasteiger partial charge on any atom is 0.187 e. The van der Waals surface area contributed by atoms with Crippen LogP contribution in [0.25, 0.3) is 73.1 Å². The van der Waals surface area contributed by atoms with Crippen LogP contribution in [-0.2, 0) is 66.3 Å². The third-order valence-electron chi connectivity index (χ3n) is 15.8. The first-order chi connectivity index (χ1) is 43.7. The number of aliphatic hydroxyl groups is 14. The van der Waals surface area contributed by atoms with E-state index in [1.54, 1.807) is 0 Å². The van der Waals surface area contributed by atoms with Crippen molar-refractivity contribution in [3.8, 4) is 0 Å². The van der Waals surface area contributed by atoms with Crippen molar-refractivity contribution < 1.29 is 138 Å². The molecule has 0 aromatic heterocycles. The van der Waals surface area contributed by atoms with Gasteiger partial charge in [-0.05, 0) is 38.7 Å². The van der Waals surface area contributed by atoms with Gasteiger partial charge in [-0.15, -0.1) is 0 Å². The molecule has 0 aromatic rings. The second-order valence-corrected chi connectivity index (χ2v) is 21.3. The van der Waals surface area contributed by atoms with E-state index in [0.29, 0.717) is 0 Å². The van der Waals surface area contributed by atoms with Gasteiger partial charge in [-0.1, -0.05) is 35.8 Å². The second-order valence-electron chi connectivity index (χ2n) is 21.3. The summed E-state index contributed by atoms with van der Waals surface area (Å²) in [5.41, 5.74) is 65.3. The Kier molecular flexibility index (Phi) is 25.1. The van der Waals surface area contributed by atoms with Crippen LogP contribution in [0.2, 0.25) is 0 Å². The van der Waals surface area contributed by atoms with Crippen LogP contribution >= 0.6 is 0 Å². The zero-order valence-electron chi connectivity index (χ0n) is 46.5. The van der Waals surface area contributed by atoms with E-state index in [9.17, 15) is 110 Å². The maximum atomic E-state index is 11.7. The van der Waals surface area contributed by atoms with Gasteiger partial charge in [0.05, 0.1) is 88.5 Å². The smallest absolute Gasteiger partial charge is 0.187 e. The summed E-state index contributed by atoms with van der Waals surface area (Å²) in [6.07, 6.45) is -73.2. The summed E-state index contributed by atoms with van der Waals surface area (Å²) >= 11 is 0. The summed E-state index contributed by atoms with van der Waals surface area (Å²) < 4.78 is 82.3. The minimum absolute atomic E-state index is 0.804. The van der Waals surface area contributed by atoms with Gasteiger partial charge in [-0.2, -0.15) is 0 Å². The topological polar surface area (TPSA) is 754 Å². The number of ether oxygens (including phenoxy) is 14. The molecule has 0 amide bonds. The number of aliphatic hydroxyl groups excluding tert-OH is 14. The Morgan fingerprint density at radius 3 is 0.396 bits per heavy atom. The van der Waals surface area contributed by atoms with Crippen LogP contribution in [0, 0.1) is 0 Å². The summed E-state index contributed by atoms with van der Waals surface area (Å²) in [6.45, 7) is -5.63. The van der Waals surface area contributed by atoms with E-state index in [0.717, 1.165) is 0 Å². The highest BCUT2D eigenvalue weighted by Crippen LogP contribution is 2.39. The molecule has 0 spiro atoms. The molecule has 49 heteroatoms. The largest absolute Gasteiger partial charge is 0.387 e. The zero-order chi connectivity index (χ0) is 66.0. The van der Waals surface area contributed by atoms with Crippen molar-refractivity contribution in [3.05, 3.63) is 73.1 Å². The molecule has 0 unspecified atom stereocenters. The minimum Gasteiger partial charge on any atom is -0.387 e. The Morgan fingerprint density at radius 1 is 0.187 bits per heavy atom. The number of nitrogens with zero attached hydrogens (tertiary/aromatic N) is 21. The summed E-state index contributed by atoms with van der Waals surface area (Å²) in [5, 5.41) is 187. The van der Waals surface area contributed by atoms with E-state index < -0.39 is 261 Å². The van der Waals surface area contributed by atoms with Gasteiger partial charge in [0.2, 0.25) is 0 Å².